The van der Waals surface area contributed by atoms with E-state index in [1.54, 1.807) is 60.7 Å². The van der Waals surface area contributed by atoms with Crippen molar-refractivity contribution >= 4 is 41.3 Å². The van der Waals surface area contributed by atoms with Crippen LogP contribution in [0, 0.1) is 0 Å². The molecule has 3 aromatic carbocycles. The van der Waals surface area contributed by atoms with Gasteiger partial charge in [0.15, 0.2) is 18.1 Å². The van der Waals surface area contributed by atoms with Gasteiger partial charge in [-0.25, -0.2) is 10.2 Å². The molecular formula is C25H22Cl2N2O6. The van der Waals surface area contributed by atoms with Gasteiger partial charge in [0.05, 0.1) is 30.5 Å². The number of hydrazone groups is 1. The Morgan fingerprint density at radius 3 is 2.46 bits per heavy atom. The topological polar surface area (TPSA) is 95.5 Å². The Hall–Kier alpha value is -3.75. The zero-order valence-electron chi connectivity index (χ0n) is 18.9. The normalized spacial score (nSPS) is 10.6. The highest BCUT2D eigenvalue weighted by molar-refractivity contribution is 6.42. The minimum absolute atomic E-state index is 0.223. The zero-order chi connectivity index (χ0) is 25.2. The smallest absolute Gasteiger partial charge is 0.343 e. The molecule has 0 bridgehead atoms. The molecule has 10 heteroatoms. The summed E-state index contributed by atoms with van der Waals surface area (Å²) in [5.41, 5.74) is 3.31. The second-order valence-electron chi connectivity index (χ2n) is 6.89. The molecule has 0 aromatic heterocycles. The number of carbonyl (C=O) groups is 2. The molecule has 8 nitrogen and oxygen atoms in total. The van der Waals surface area contributed by atoms with Gasteiger partial charge < -0.3 is 18.9 Å². The summed E-state index contributed by atoms with van der Waals surface area (Å²) in [5, 5.41) is 4.44. The number of esters is 1. The Balaban J connectivity index is 1.56. The van der Waals surface area contributed by atoms with Gasteiger partial charge in [-0.2, -0.15) is 5.10 Å². The number of hydrogen-bond acceptors (Lipinski definition) is 7. The van der Waals surface area contributed by atoms with Crippen LogP contribution < -0.4 is 24.4 Å². The van der Waals surface area contributed by atoms with Gasteiger partial charge in [-0.15, -0.1) is 0 Å². The molecule has 182 valence electrons. The molecule has 0 spiro atoms. The molecule has 0 aliphatic heterocycles. The van der Waals surface area contributed by atoms with Gasteiger partial charge in [-0.3, -0.25) is 4.79 Å². The first-order valence-electron chi connectivity index (χ1n) is 10.4. The molecule has 0 fully saturated rings. The third-order valence-corrected chi connectivity index (χ3v) is 5.27. The summed E-state index contributed by atoms with van der Waals surface area (Å²) in [6, 6.07) is 16.3. The van der Waals surface area contributed by atoms with Crippen molar-refractivity contribution in [1.29, 1.82) is 0 Å². The van der Waals surface area contributed by atoms with Crippen molar-refractivity contribution in [2.24, 2.45) is 5.10 Å². The maximum absolute atomic E-state index is 12.5. The molecule has 35 heavy (non-hydrogen) atoms. The summed E-state index contributed by atoms with van der Waals surface area (Å²) in [7, 11) is 1.45. The number of amides is 1. The fraction of sp³-hybridized carbons (Fsp3) is 0.160. The first-order chi connectivity index (χ1) is 16.9. The predicted molar refractivity (Wildman–Crippen MR) is 133 cm³/mol. The van der Waals surface area contributed by atoms with Gasteiger partial charge in [0, 0.05) is 0 Å². The molecule has 0 aliphatic rings. The van der Waals surface area contributed by atoms with Crippen molar-refractivity contribution in [1.82, 2.24) is 5.43 Å². The third-order valence-electron chi connectivity index (χ3n) is 4.47. The van der Waals surface area contributed by atoms with Gasteiger partial charge in [-0.1, -0.05) is 29.3 Å². The van der Waals surface area contributed by atoms with E-state index in [4.69, 9.17) is 42.1 Å². The number of carbonyl (C=O) groups excluding carboxylic acids is 2. The van der Waals surface area contributed by atoms with Crippen LogP contribution in [0.3, 0.4) is 0 Å². The molecule has 3 rings (SSSR count). The highest BCUT2D eigenvalue weighted by atomic mass is 35.5. The minimum atomic E-state index is -0.542. The largest absolute Gasteiger partial charge is 0.494 e. The van der Waals surface area contributed by atoms with Gasteiger partial charge in [0.2, 0.25) is 0 Å². The van der Waals surface area contributed by atoms with Crippen molar-refractivity contribution in [3.8, 4) is 23.0 Å². The number of halogens is 2. The van der Waals surface area contributed by atoms with E-state index >= 15 is 0 Å². The average molecular weight is 517 g/mol. The summed E-state index contributed by atoms with van der Waals surface area (Å²) in [4.78, 5) is 24.4. The van der Waals surface area contributed by atoms with Crippen molar-refractivity contribution in [2.45, 2.75) is 6.92 Å². The molecule has 0 unspecified atom stereocenters. The van der Waals surface area contributed by atoms with Crippen LogP contribution in [0.2, 0.25) is 10.0 Å². The van der Waals surface area contributed by atoms with E-state index in [9.17, 15) is 9.59 Å². The number of nitrogens with one attached hydrogen (secondary N) is 1. The first kappa shape index (κ1) is 25.9. The Morgan fingerprint density at radius 2 is 1.74 bits per heavy atom. The maximum atomic E-state index is 12.5. The lowest BCUT2D eigenvalue weighted by atomic mass is 10.2. The summed E-state index contributed by atoms with van der Waals surface area (Å²) >= 11 is 11.9. The van der Waals surface area contributed by atoms with Crippen molar-refractivity contribution in [3.05, 3.63) is 81.8 Å². The Morgan fingerprint density at radius 1 is 0.971 bits per heavy atom. The van der Waals surface area contributed by atoms with E-state index in [1.165, 1.54) is 13.3 Å². The number of ether oxygens (including phenoxy) is 4. The summed E-state index contributed by atoms with van der Waals surface area (Å²) in [6.45, 7) is 2.11. The molecule has 0 aliphatic carbocycles. The SMILES string of the molecule is CCOc1ccc(C(=O)Oc2ccc(C=NNC(=O)COc3cccc(Cl)c3Cl)cc2OC)cc1. The van der Waals surface area contributed by atoms with Crippen LogP contribution in [0.25, 0.3) is 0 Å². The van der Waals surface area contributed by atoms with E-state index in [1.807, 2.05) is 6.92 Å². The van der Waals surface area contributed by atoms with Crippen LogP contribution in [-0.2, 0) is 4.79 Å². The number of benzene rings is 3. The van der Waals surface area contributed by atoms with Gasteiger partial charge in [-0.05, 0) is 67.1 Å². The maximum Gasteiger partial charge on any atom is 0.343 e. The summed E-state index contributed by atoms with van der Waals surface area (Å²) in [6.07, 6.45) is 1.41. The Kier molecular flexibility index (Phi) is 9.34. The number of methoxy groups -OCH3 is 1. The summed E-state index contributed by atoms with van der Waals surface area (Å²) in [5.74, 6) is 0.471. The minimum Gasteiger partial charge on any atom is -0.494 e. The van der Waals surface area contributed by atoms with Crippen LogP contribution in [0.15, 0.2) is 65.8 Å². The van der Waals surface area contributed by atoms with Crippen LogP contribution >= 0.6 is 23.2 Å². The first-order valence-corrected chi connectivity index (χ1v) is 11.2. The summed E-state index contributed by atoms with van der Waals surface area (Å²) < 4.78 is 21.5. The third kappa shape index (κ3) is 7.37. The van der Waals surface area contributed by atoms with Crippen LogP contribution in [-0.4, -0.2) is 38.4 Å². The highest BCUT2D eigenvalue weighted by Crippen LogP contribution is 2.31. The molecule has 0 saturated heterocycles. The monoisotopic (exact) mass is 516 g/mol. The number of nitrogens with zero attached hydrogens (tertiary/aromatic N) is 1. The second-order valence-corrected chi connectivity index (χ2v) is 7.68. The Bertz CT molecular complexity index is 1220. The predicted octanol–water partition coefficient (Wildman–Crippen LogP) is 5.15. The zero-order valence-corrected chi connectivity index (χ0v) is 20.4. The molecule has 0 atom stereocenters. The fourth-order valence-corrected chi connectivity index (χ4v) is 3.16. The molecular weight excluding hydrogens is 495 g/mol. The van der Waals surface area contributed by atoms with E-state index < -0.39 is 11.9 Å². The highest BCUT2D eigenvalue weighted by Gasteiger charge is 2.13. The standard InChI is InChI=1S/C25H22Cl2N2O6/c1-3-33-18-10-8-17(9-11-18)25(31)35-20-12-7-16(13-22(20)32-2)14-28-29-23(30)15-34-21-6-4-5-19(26)24(21)27/h4-14H,3,15H2,1-2H3,(H,29,30). The Labute approximate surface area is 212 Å². The van der Waals surface area contributed by atoms with Gasteiger partial charge in [0.1, 0.15) is 16.5 Å². The van der Waals surface area contributed by atoms with Crippen LogP contribution in [0.5, 0.6) is 23.0 Å². The lowest BCUT2D eigenvalue weighted by Crippen LogP contribution is -2.24. The van der Waals surface area contributed by atoms with Crippen molar-refractivity contribution in [3.63, 3.8) is 0 Å². The quantitative estimate of drug-likeness (QED) is 0.173. The molecule has 1 amide bonds. The fourth-order valence-electron chi connectivity index (χ4n) is 2.81. The molecule has 0 radical (unpaired) electrons. The van der Waals surface area contributed by atoms with Gasteiger partial charge >= 0.3 is 5.97 Å². The molecule has 0 heterocycles. The second kappa shape index (κ2) is 12.6. The van der Waals surface area contributed by atoms with E-state index in [-0.39, 0.29) is 17.4 Å². The average Bonchev–Trinajstić information content (AvgIpc) is 2.86. The van der Waals surface area contributed by atoms with Crippen LogP contribution in [0.4, 0.5) is 0 Å². The molecule has 1 N–H and O–H groups in total. The number of rotatable bonds is 10. The van der Waals surface area contributed by atoms with E-state index in [2.05, 4.69) is 10.5 Å². The van der Waals surface area contributed by atoms with Crippen LogP contribution in [0.1, 0.15) is 22.8 Å². The molecule has 0 saturated carbocycles. The van der Waals surface area contributed by atoms with Gasteiger partial charge in [0.25, 0.3) is 5.91 Å². The van der Waals surface area contributed by atoms with E-state index in [0.29, 0.717) is 40.0 Å². The van der Waals surface area contributed by atoms with E-state index in [0.717, 1.165) is 0 Å². The number of hydrogen-bond donors (Lipinski definition) is 1. The lowest BCUT2D eigenvalue weighted by molar-refractivity contribution is -0.123. The molecule has 3 aromatic rings. The van der Waals surface area contributed by atoms with Crippen molar-refractivity contribution in [2.75, 3.05) is 20.3 Å². The lowest BCUT2D eigenvalue weighted by Gasteiger charge is -2.10. The van der Waals surface area contributed by atoms with Crippen molar-refractivity contribution < 1.29 is 28.5 Å².